The van der Waals surface area contributed by atoms with Gasteiger partial charge in [-0.2, -0.15) is 0 Å². The van der Waals surface area contributed by atoms with Crippen molar-refractivity contribution in [2.24, 2.45) is 0 Å². The highest BCUT2D eigenvalue weighted by Gasteiger charge is 2.26. The number of benzene rings is 1. The largest absolute Gasteiger partial charge is 0.460 e. The van der Waals surface area contributed by atoms with Crippen LogP contribution in [0.1, 0.15) is 19.4 Å². The monoisotopic (exact) mass is 419 g/mol. The molecule has 1 rings (SSSR count). The predicted molar refractivity (Wildman–Crippen MR) is 107 cm³/mol. The number of rotatable bonds is 13. The summed E-state index contributed by atoms with van der Waals surface area (Å²) in [6.07, 6.45) is 0.0134. The molecule has 0 aliphatic rings. The quantitative estimate of drug-likeness (QED) is 0.110. The van der Waals surface area contributed by atoms with Crippen molar-refractivity contribution in [3.8, 4) is 5.75 Å². The van der Waals surface area contributed by atoms with Gasteiger partial charge in [-0.3, -0.25) is 14.7 Å². The Kier molecular flexibility index (Phi) is 9.62. The van der Waals surface area contributed by atoms with E-state index in [2.05, 4.69) is 19.6 Å². The summed E-state index contributed by atoms with van der Waals surface area (Å²) in [6.45, 7) is 11.1. The van der Waals surface area contributed by atoms with E-state index >= 15 is 0 Å². The predicted octanol–water partition coefficient (Wildman–Crippen LogP) is 5.05. The molecule has 0 radical (unpaired) electrons. The van der Waals surface area contributed by atoms with Gasteiger partial charge in [0.25, 0.3) is 0 Å². The Balaban J connectivity index is 2.84. The summed E-state index contributed by atoms with van der Waals surface area (Å²) in [5, 5.41) is 11.2. The van der Waals surface area contributed by atoms with Gasteiger partial charge in [0.2, 0.25) is 0 Å². The Morgan fingerprint density at radius 3 is 2.30 bits per heavy atom. The van der Waals surface area contributed by atoms with Gasteiger partial charge < -0.3 is 18.5 Å². The molecular formula is C17H30NO7PSi. The second-order valence-corrected chi connectivity index (χ2v) is 14.8. The molecule has 27 heavy (non-hydrogen) atoms. The molecule has 0 unspecified atom stereocenters. The first-order chi connectivity index (χ1) is 12.6. The SMILES string of the molecule is CCOP(=O)(Cc1ccc([N+](=O)[O-])c(OCOCC[Si](C)(C)C)c1)OCC. The minimum Gasteiger partial charge on any atom is -0.460 e. The number of nitro groups is 1. The minimum absolute atomic E-state index is 0.0134. The second-order valence-electron chi connectivity index (χ2n) is 7.14. The lowest BCUT2D eigenvalue weighted by molar-refractivity contribution is -0.386. The van der Waals surface area contributed by atoms with Crippen molar-refractivity contribution in [3.63, 3.8) is 0 Å². The van der Waals surface area contributed by atoms with Gasteiger partial charge >= 0.3 is 13.3 Å². The molecule has 0 aliphatic carbocycles. The van der Waals surface area contributed by atoms with Crippen molar-refractivity contribution in [1.82, 2.24) is 0 Å². The fraction of sp³-hybridized carbons (Fsp3) is 0.647. The average Bonchev–Trinajstić information content (AvgIpc) is 2.53. The summed E-state index contributed by atoms with van der Waals surface area (Å²) in [5.41, 5.74) is 0.401. The number of nitro benzene ring substituents is 1. The maximum atomic E-state index is 12.7. The van der Waals surface area contributed by atoms with Crippen LogP contribution < -0.4 is 4.74 Å². The summed E-state index contributed by atoms with van der Waals surface area (Å²) in [5.74, 6) is 0.0741. The van der Waals surface area contributed by atoms with E-state index in [4.69, 9.17) is 18.5 Å². The second kappa shape index (κ2) is 10.9. The zero-order valence-corrected chi connectivity index (χ0v) is 18.6. The Labute approximate surface area is 161 Å². The fourth-order valence-corrected chi connectivity index (χ4v) is 4.66. The molecule has 0 saturated heterocycles. The van der Waals surface area contributed by atoms with Gasteiger partial charge in [-0.1, -0.05) is 25.7 Å². The first-order valence-electron chi connectivity index (χ1n) is 8.96. The van der Waals surface area contributed by atoms with Crippen LogP contribution in [0.4, 0.5) is 5.69 Å². The Morgan fingerprint density at radius 1 is 1.15 bits per heavy atom. The van der Waals surface area contributed by atoms with Crippen LogP contribution in [0, 0.1) is 10.1 Å². The van der Waals surface area contributed by atoms with E-state index in [1.54, 1.807) is 13.8 Å². The minimum atomic E-state index is -3.31. The lowest BCUT2D eigenvalue weighted by Crippen LogP contribution is -2.22. The van der Waals surface area contributed by atoms with Crippen molar-refractivity contribution >= 4 is 21.4 Å². The molecule has 0 bridgehead atoms. The average molecular weight is 419 g/mol. The van der Waals surface area contributed by atoms with Crippen LogP contribution >= 0.6 is 7.60 Å². The van der Waals surface area contributed by atoms with Gasteiger partial charge in [0, 0.05) is 20.7 Å². The molecule has 0 aliphatic heterocycles. The maximum absolute atomic E-state index is 12.7. The molecule has 0 aromatic heterocycles. The van der Waals surface area contributed by atoms with Crippen molar-refractivity contribution < 1.29 is 28.0 Å². The van der Waals surface area contributed by atoms with Crippen LogP contribution in [0.25, 0.3) is 0 Å². The van der Waals surface area contributed by atoms with Gasteiger partial charge in [0.1, 0.15) is 0 Å². The molecule has 10 heteroatoms. The third-order valence-electron chi connectivity index (χ3n) is 3.54. The molecule has 0 N–H and O–H groups in total. The van der Waals surface area contributed by atoms with Gasteiger partial charge in [-0.15, -0.1) is 0 Å². The highest BCUT2D eigenvalue weighted by atomic mass is 31.2. The van der Waals surface area contributed by atoms with Crippen LogP contribution in [0.2, 0.25) is 25.7 Å². The Morgan fingerprint density at radius 2 is 1.78 bits per heavy atom. The van der Waals surface area contributed by atoms with Crippen molar-refractivity contribution in [2.75, 3.05) is 26.6 Å². The van der Waals surface area contributed by atoms with Crippen molar-refractivity contribution in [2.45, 2.75) is 45.7 Å². The molecule has 0 fully saturated rings. The van der Waals surface area contributed by atoms with Crippen LogP contribution in [-0.2, 0) is 24.5 Å². The Hall–Kier alpha value is -1.25. The van der Waals surface area contributed by atoms with Crippen LogP contribution in [0.15, 0.2) is 18.2 Å². The van der Waals surface area contributed by atoms with Gasteiger partial charge in [-0.05, 0) is 31.5 Å². The molecule has 1 aromatic rings. The van der Waals surface area contributed by atoms with E-state index in [-0.39, 0.29) is 37.6 Å². The van der Waals surface area contributed by atoms with E-state index < -0.39 is 20.6 Å². The van der Waals surface area contributed by atoms with E-state index in [0.29, 0.717) is 12.2 Å². The normalized spacial score (nSPS) is 12.2. The molecule has 0 atom stereocenters. The van der Waals surface area contributed by atoms with Gasteiger partial charge in [-0.25, -0.2) is 0 Å². The summed E-state index contributed by atoms with van der Waals surface area (Å²) in [6, 6.07) is 5.33. The number of ether oxygens (including phenoxy) is 2. The van der Waals surface area contributed by atoms with Gasteiger partial charge in [0.15, 0.2) is 12.5 Å². The summed E-state index contributed by atoms with van der Waals surface area (Å²) >= 11 is 0. The molecular weight excluding hydrogens is 389 g/mol. The number of hydrogen-bond acceptors (Lipinski definition) is 7. The van der Waals surface area contributed by atoms with E-state index in [9.17, 15) is 14.7 Å². The van der Waals surface area contributed by atoms with Gasteiger partial charge in [0.05, 0.1) is 24.3 Å². The topological polar surface area (TPSA) is 97.1 Å². The third-order valence-corrected chi connectivity index (χ3v) is 7.30. The smallest absolute Gasteiger partial charge is 0.335 e. The number of hydrogen-bond donors (Lipinski definition) is 0. The zero-order chi connectivity index (χ0) is 20.5. The zero-order valence-electron chi connectivity index (χ0n) is 16.7. The maximum Gasteiger partial charge on any atom is 0.335 e. The lowest BCUT2D eigenvalue weighted by Gasteiger charge is -2.17. The third kappa shape index (κ3) is 8.99. The fourth-order valence-electron chi connectivity index (χ4n) is 2.21. The standard InChI is InChI=1S/C17H30NO7PSi/c1-6-24-26(21,25-7-2)13-15-8-9-16(18(19)20)17(12-15)23-14-22-10-11-27(3,4)5/h8-9,12H,6-7,10-11,13-14H2,1-5H3. The molecule has 8 nitrogen and oxygen atoms in total. The molecule has 0 amide bonds. The van der Waals surface area contributed by atoms with Crippen molar-refractivity contribution in [3.05, 3.63) is 33.9 Å². The highest BCUT2D eigenvalue weighted by molar-refractivity contribution is 7.53. The summed E-state index contributed by atoms with van der Waals surface area (Å²) < 4.78 is 34.1. The first kappa shape index (κ1) is 23.8. The van der Waals surface area contributed by atoms with Crippen LogP contribution in [0.5, 0.6) is 5.75 Å². The molecule has 0 saturated carbocycles. The van der Waals surface area contributed by atoms with E-state index in [0.717, 1.165) is 6.04 Å². The summed E-state index contributed by atoms with van der Waals surface area (Å²) in [4.78, 5) is 10.7. The Bertz CT molecular complexity index is 653. The molecule has 0 heterocycles. The molecule has 0 spiro atoms. The molecule has 1 aromatic carbocycles. The van der Waals surface area contributed by atoms with E-state index in [1.807, 2.05) is 0 Å². The summed E-state index contributed by atoms with van der Waals surface area (Å²) in [7, 11) is -4.52. The molecule has 154 valence electrons. The van der Waals surface area contributed by atoms with Crippen LogP contribution in [0.3, 0.4) is 0 Å². The highest BCUT2D eigenvalue weighted by Crippen LogP contribution is 2.51. The van der Waals surface area contributed by atoms with Crippen molar-refractivity contribution in [1.29, 1.82) is 0 Å². The van der Waals surface area contributed by atoms with E-state index in [1.165, 1.54) is 18.2 Å². The first-order valence-corrected chi connectivity index (χ1v) is 14.4. The van der Waals surface area contributed by atoms with Crippen LogP contribution in [-0.4, -0.2) is 39.6 Å². The number of nitrogens with zero attached hydrogens (tertiary/aromatic N) is 1. The lowest BCUT2D eigenvalue weighted by atomic mass is 10.2.